The molecule has 0 aliphatic carbocycles. The minimum atomic E-state index is -0.718. The Hall–Kier alpha value is -3.64. The third-order valence-electron chi connectivity index (χ3n) is 6.63. The van der Waals surface area contributed by atoms with Gasteiger partial charge in [0.05, 0.1) is 17.6 Å². The van der Waals surface area contributed by atoms with Crippen LogP contribution in [0.5, 0.6) is 5.75 Å². The lowest BCUT2D eigenvalue weighted by Crippen LogP contribution is -2.26. The molecule has 35 heavy (non-hydrogen) atoms. The molecule has 1 fully saturated rings. The van der Waals surface area contributed by atoms with E-state index in [9.17, 15) is 9.90 Å². The summed E-state index contributed by atoms with van der Waals surface area (Å²) >= 11 is 0. The highest BCUT2D eigenvalue weighted by atomic mass is 16.5. The van der Waals surface area contributed by atoms with Gasteiger partial charge in [-0.15, -0.1) is 0 Å². The summed E-state index contributed by atoms with van der Waals surface area (Å²) in [6, 6.07) is 24.0. The van der Waals surface area contributed by atoms with Gasteiger partial charge in [-0.05, 0) is 43.2 Å². The number of amides is 1. The van der Waals surface area contributed by atoms with E-state index in [4.69, 9.17) is 9.72 Å². The summed E-state index contributed by atoms with van der Waals surface area (Å²) in [4.78, 5) is 19.6. The average molecular weight is 470 g/mol. The highest BCUT2D eigenvalue weighted by Gasteiger charge is 2.34. The van der Waals surface area contributed by atoms with Gasteiger partial charge in [-0.3, -0.25) is 4.79 Å². The zero-order valence-corrected chi connectivity index (χ0v) is 20.2. The van der Waals surface area contributed by atoms with Crippen LogP contribution in [0.15, 0.2) is 72.8 Å². The molecule has 1 amide bonds. The van der Waals surface area contributed by atoms with Crippen molar-refractivity contribution in [2.24, 2.45) is 0 Å². The lowest BCUT2D eigenvalue weighted by atomic mass is 10.1. The largest absolute Gasteiger partial charge is 0.491 e. The number of nitrogens with zero attached hydrogens (tertiary/aromatic N) is 3. The Morgan fingerprint density at radius 1 is 1.06 bits per heavy atom. The number of aliphatic hydroxyl groups is 1. The van der Waals surface area contributed by atoms with E-state index in [2.05, 4.69) is 10.6 Å². The molecule has 6 heteroatoms. The van der Waals surface area contributed by atoms with Gasteiger partial charge in [0.2, 0.25) is 5.91 Å². The van der Waals surface area contributed by atoms with Crippen LogP contribution >= 0.6 is 0 Å². The summed E-state index contributed by atoms with van der Waals surface area (Å²) in [5.74, 6) is 1.74. The van der Waals surface area contributed by atoms with Crippen LogP contribution < -0.4 is 4.74 Å². The van der Waals surface area contributed by atoms with Gasteiger partial charge >= 0.3 is 0 Å². The van der Waals surface area contributed by atoms with Crippen molar-refractivity contribution in [3.63, 3.8) is 0 Å². The Bertz CT molecular complexity index is 1330. The lowest BCUT2D eigenvalue weighted by molar-refractivity contribution is -0.128. The minimum absolute atomic E-state index is 0.0222. The molecule has 180 valence electrons. The highest BCUT2D eigenvalue weighted by Crippen LogP contribution is 2.31. The fraction of sp³-hybridized carbons (Fsp3) is 0.310. The summed E-state index contributed by atoms with van der Waals surface area (Å²) in [6.07, 6.45) is -0.296. The second-order valence-electron chi connectivity index (χ2n) is 9.46. The van der Waals surface area contributed by atoms with E-state index in [0.717, 1.165) is 33.7 Å². The quantitative estimate of drug-likeness (QED) is 0.409. The average Bonchev–Trinajstić information content (AvgIpc) is 3.39. The van der Waals surface area contributed by atoms with Crippen molar-refractivity contribution >= 4 is 16.9 Å². The molecular weight excluding hydrogens is 438 g/mol. The fourth-order valence-electron chi connectivity index (χ4n) is 4.91. The molecule has 5 rings (SSSR count). The number of carbonyl (C=O) groups is 1. The molecule has 2 atom stereocenters. The number of fused-ring (bicyclic) bond motifs is 1. The van der Waals surface area contributed by atoms with Crippen molar-refractivity contribution in [2.45, 2.75) is 45.4 Å². The number of rotatable bonds is 8. The van der Waals surface area contributed by atoms with E-state index < -0.39 is 6.10 Å². The first-order valence-electron chi connectivity index (χ1n) is 12.1. The summed E-state index contributed by atoms with van der Waals surface area (Å²) in [5.41, 5.74) is 5.18. The number of aryl methyl sites for hydroxylation is 2. The van der Waals surface area contributed by atoms with Crippen molar-refractivity contribution in [3.05, 3.63) is 95.3 Å². The van der Waals surface area contributed by atoms with Crippen LogP contribution in [0.4, 0.5) is 0 Å². The van der Waals surface area contributed by atoms with Gasteiger partial charge in [0.25, 0.3) is 0 Å². The Labute approximate surface area is 205 Å². The monoisotopic (exact) mass is 469 g/mol. The molecule has 0 bridgehead atoms. The predicted octanol–water partition coefficient (Wildman–Crippen LogP) is 4.61. The first-order chi connectivity index (χ1) is 17.0. The number of hydrogen-bond donors (Lipinski definition) is 1. The number of aromatic nitrogens is 2. The van der Waals surface area contributed by atoms with Crippen molar-refractivity contribution < 1.29 is 14.6 Å². The number of hydrogen-bond acceptors (Lipinski definition) is 4. The number of ether oxygens (including phenoxy) is 1. The number of benzene rings is 3. The van der Waals surface area contributed by atoms with Gasteiger partial charge in [-0.2, -0.15) is 0 Å². The van der Waals surface area contributed by atoms with Gasteiger partial charge in [-0.1, -0.05) is 60.2 Å². The van der Waals surface area contributed by atoms with Crippen LogP contribution in [0, 0.1) is 13.8 Å². The maximum Gasteiger partial charge on any atom is 0.223 e. The third kappa shape index (κ3) is 5.08. The molecule has 0 radical (unpaired) electrons. The van der Waals surface area contributed by atoms with E-state index in [1.165, 1.54) is 5.56 Å². The molecule has 0 spiro atoms. The second kappa shape index (κ2) is 9.92. The van der Waals surface area contributed by atoms with E-state index in [1.54, 1.807) is 0 Å². The van der Waals surface area contributed by atoms with Gasteiger partial charge in [0, 0.05) is 25.4 Å². The number of imidazole rings is 1. The van der Waals surface area contributed by atoms with Crippen LogP contribution in [0.2, 0.25) is 0 Å². The first-order valence-corrected chi connectivity index (χ1v) is 12.1. The van der Waals surface area contributed by atoms with E-state index >= 15 is 0 Å². The molecule has 1 aliphatic rings. The Morgan fingerprint density at radius 3 is 2.63 bits per heavy atom. The van der Waals surface area contributed by atoms with Crippen molar-refractivity contribution in [3.8, 4) is 5.75 Å². The highest BCUT2D eigenvalue weighted by molar-refractivity contribution is 5.81. The van der Waals surface area contributed by atoms with Gasteiger partial charge in [-0.25, -0.2) is 4.98 Å². The van der Waals surface area contributed by atoms with Gasteiger partial charge in [0.15, 0.2) is 0 Å². The topological polar surface area (TPSA) is 67.6 Å². The van der Waals surface area contributed by atoms with Gasteiger partial charge < -0.3 is 19.3 Å². The predicted molar refractivity (Wildman–Crippen MR) is 136 cm³/mol. The number of para-hydroxylation sites is 2. The minimum Gasteiger partial charge on any atom is -0.491 e. The molecule has 1 aliphatic heterocycles. The number of carbonyl (C=O) groups excluding carboxylic acids is 1. The Morgan fingerprint density at radius 2 is 1.83 bits per heavy atom. The standard InChI is InChI=1S/C29H31N3O3/c1-20-12-13-27(21(2)14-20)35-19-24(33)18-32-26-11-7-6-10-25(26)30-29(32)23-15-28(34)31(17-23)16-22-8-4-3-5-9-22/h3-14,23-24,33H,15-19H2,1-2H3/t23-,24-/m0/s1. The van der Waals surface area contributed by atoms with Crippen LogP contribution in [0.25, 0.3) is 11.0 Å². The Kier molecular flexibility index (Phi) is 6.55. The van der Waals surface area contributed by atoms with E-state index in [0.29, 0.717) is 26.1 Å². The van der Waals surface area contributed by atoms with E-state index in [-0.39, 0.29) is 18.4 Å². The lowest BCUT2D eigenvalue weighted by Gasteiger charge is -2.19. The molecule has 1 saturated heterocycles. The van der Waals surface area contributed by atoms with Crippen LogP contribution in [-0.4, -0.2) is 44.7 Å². The number of aliphatic hydroxyl groups excluding tert-OH is 1. The van der Waals surface area contributed by atoms with Crippen LogP contribution in [0.3, 0.4) is 0 Å². The molecule has 1 N–H and O–H groups in total. The van der Waals surface area contributed by atoms with Gasteiger partial charge in [0.1, 0.15) is 24.3 Å². The molecule has 4 aromatic rings. The molecule has 3 aromatic carbocycles. The van der Waals surface area contributed by atoms with Crippen LogP contribution in [0.1, 0.15) is 34.9 Å². The summed E-state index contributed by atoms with van der Waals surface area (Å²) < 4.78 is 8.00. The number of likely N-dealkylation sites (tertiary alicyclic amines) is 1. The van der Waals surface area contributed by atoms with E-state index in [1.807, 2.05) is 85.5 Å². The summed E-state index contributed by atoms with van der Waals surface area (Å²) in [7, 11) is 0. The van der Waals surface area contributed by atoms with Crippen LogP contribution in [-0.2, 0) is 17.9 Å². The zero-order valence-electron chi connectivity index (χ0n) is 20.2. The summed E-state index contributed by atoms with van der Waals surface area (Å²) in [6.45, 7) is 5.80. The van der Waals surface area contributed by atoms with Crippen molar-refractivity contribution in [1.82, 2.24) is 14.5 Å². The smallest absolute Gasteiger partial charge is 0.223 e. The molecule has 2 heterocycles. The van der Waals surface area contributed by atoms with Crippen molar-refractivity contribution in [1.29, 1.82) is 0 Å². The molecule has 6 nitrogen and oxygen atoms in total. The second-order valence-corrected chi connectivity index (χ2v) is 9.46. The maximum atomic E-state index is 12.8. The zero-order chi connectivity index (χ0) is 24.4. The SMILES string of the molecule is Cc1ccc(OC[C@@H](O)Cn2c([C@H]3CC(=O)N(Cc4ccccc4)C3)nc3ccccc32)c(C)c1. The summed E-state index contributed by atoms with van der Waals surface area (Å²) in [5, 5.41) is 10.9. The Balaban J connectivity index is 1.34. The molecule has 0 unspecified atom stereocenters. The molecule has 0 saturated carbocycles. The molecular formula is C29H31N3O3. The molecule has 1 aromatic heterocycles. The maximum absolute atomic E-state index is 12.8. The fourth-order valence-corrected chi connectivity index (χ4v) is 4.91. The third-order valence-corrected chi connectivity index (χ3v) is 6.63. The first kappa shape index (κ1) is 23.1. The normalized spacial score (nSPS) is 16.7. The van der Waals surface area contributed by atoms with Crippen molar-refractivity contribution in [2.75, 3.05) is 13.2 Å².